The molecule has 110 valence electrons. The van der Waals surface area contributed by atoms with E-state index in [1.165, 1.54) is 0 Å². The van der Waals surface area contributed by atoms with E-state index in [1.807, 2.05) is 18.2 Å². The molecule has 0 bridgehead atoms. The van der Waals surface area contributed by atoms with Crippen LogP contribution in [-0.2, 0) is 4.74 Å². The van der Waals surface area contributed by atoms with Crippen LogP contribution in [0.1, 0.15) is 25.3 Å². The minimum absolute atomic E-state index is 0.401. The third-order valence-corrected chi connectivity index (χ3v) is 3.35. The van der Waals surface area contributed by atoms with Crippen LogP contribution in [-0.4, -0.2) is 54.8 Å². The van der Waals surface area contributed by atoms with Gasteiger partial charge in [-0.1, -0.05) is 43.7 Å². The number of amidine groups is 1. The number of unbranched alkanes of at least 4 members (excludes halogenated alkanes) is 1. The highest BCUT2D eigenvalue weighted by atomic mass is 16.5. The van der Waals surface area contributed by atoms with Crippen molar-refractivity contribution in [1.29, 1.82) is 0 Å². The van der Waals surface area contributed by atoms with Gasteiger partial charge in [0.2, 0.25) is 0 Å². The Labute approximate surface area is 121 Å². The predicted molar refractivity (Wildman–Crippen MR) is 81.2 cm³/mol. The minimum atomic E-state index is -0.459. The van der Waals surface area contributed by atoms with Gasteiger partial charge < -0.3 is 14.7 Å². The van der Waals surface area contributed by atoms with Crippen LogP contribution in [0.15, 0.2) is 35.3 Å². The van der Waals surface area contributed by atoms with Crippen LogP contribution in [0.5, 0.6) is 0 Å². The van der Waals surface area contributed by atoms with E-state index < -0.39 is 6.10 Å². The topological polar surface area (TPSA) is 45.1 Å². The number of hydrogen-bond acceptors (Lipinski definition) is 4. The Morgan fingerprint density at radius 3 is 2.90 bits per heavy atom. The smallest absolute Gasteiger partial charge is 0.131 e. The van der Waals surface area contributed by atoms with Crippen LogP contribution < -0.4 is 0 Å². The predicted octanol–water partition coefficient (Wildman–Crippen LogP) is 1.93. The van der Waals surface area contributed by atoms with Crippen molar-refractivity contribution in [3.05, 3.63) is 35.9 Å². The Morgan fingerprint density at radius 1 is 1.35 bits per heavy atom. The van der Waals surface area contributed by atoms with Crippen molar-refractivity contribution in [2.24, 2.45) is 4.99 Å². The van der Waals surface area contributed by atoms with Gasteiger partial charge in [0, 0.05) is 25.3 Å². The van der Waals surface area contributed by atoms with Gasteiger partial charge in [-0.15, -0.1) is 0 Å². The molecule has 1 aromatic rings. The molecule has 4 heteroatoms. The van der Waals surface area contributed by atoms with Gasteiger partial charge >= 0.3 is 0 Å². The van der Waals surface area contributed by atoms with Crippen molar-refractivity contribution in [2.45, 2.75) is 25.9 Å². The van der Waals surface area contributed by atoms with E-state index in [4.69, 9.17) is 4.74 Å². The lowest BCUT2D eigenvalue weighted by atomic mass is 10.2. The van der Waals surface area contributed by atoms with Gasteiger partial charge in [0.05, 0.1) is 19.3 Å². The van der Waals surface area contributed by atoms with Gasteiger partial charge in [-0.2, -0.15) is 0 Å². The third-order valence-electron chi connectivity index (χ3n) is 3.35. The first-order valence-corrected chi connectivity index (χ1v) is 7.42. The first kappa shape index (κ1) is 15.0. The lowest BCUT2D eigenvalue weighted by molar-refractivity contribution is 0.0265. The monoisotopic (exact) mass is 276 g/mol. The summed E-state index contributed by atoms with van der Waals surface area (Å²) in [6.07, 6.45) is 1.71. The van der Waals surface area contributed by atoms with Crippen LogP contribution in [0, 0.1) is 0 Å². The Bertz CT molecular complexity index is 420. The maximum absolute atomic E-state index is 10.1. The summed E-state index contributed by atoms with van der Waals surface area (Å²) in [5, 5.41) is 10.1. The molecule has 1 atom stereocenters. The number of benzene rings is 1. The molecule has 0 spiro atoms. The molecule has 20 heavy (non-hydrogen) atoms. The molecule has 0 saturated heterocycles. The summed E-state index contributed by atoms with van der Waals surface area (Å²) in [5.41, 5.74) is 1.11. The molecule has 0 fully saturated rings. The molecule has 0 saturated carbocycles. The van der Waals surface area contributed by atoms with Crippen LogP contribution in [0.3, 0.4) is 0 Å². The van der Waals surface area contributed by atoms with Crippen LogP contribution in [0.25, 0.3) is 0 Å². The number of aliphatic hydroxyl groups excluding tert-OH is 1. The fraction of sp³-hybridized carbons (Fsp3) is 0.562. The summed E-state index contributed by atoms with van der Waals surface area (Å²) >= 11 is 0. The first-order valence-electron chi connectivity index (χ1n) is 7.42. The Hall–Kier alpha value is -1.39. The van der Waals surface area contributed by atoms with E-state index in [2.05, 4.69) is 28.9 Å². The standard InChI is InChI=1S/C16H24N2O2/c1-2-3-11-20-13-15(19)12-18-10-9-17-16(18)14-7-5-4-6-8-14/h4-8,15,19H,2-3,9-13H2,1H3. The second kappa shape index (κ2) is 8.02. The van der Waals surface area contributed by atoms with Gasteiger partial charge in [-0.25, -0.2) is 0 Å². The molecular formula is C16H24N2O2. The summed E-state index contributed by atoms with van der Waals surface area (Å²) in [6.45, 7) is 5.52. The van der Waals surface area contributed by atoms with Gasteiger partial charge in [0.25, 0.3) is 0 Å². The average Bonchev–Trinajstić information content (AvgIpc) is 2.92. The zero-order chi connectivity index (χ0) is 14.2. The van der Waals surface area contributed by atoms with E-state index in [-0.39, 0.29) is 0 Å². The summed E-state index contributed by atoms with van der Waals surface area (Å²) in [7, 11) is 0. The van der Waals surface area contributed by atoms with Crippen molar-refractivity contribution >= 4 is 5.84 Å². The van der Waals surface area contributed by atoms with E-state index in [1.54, 1.807) is 0 Å². The molecule has 0 radical (unpaired) electrons. The van der Waals surface area contributed by atoms with Crippen molar-refractivity contribution in [1.82, 2.24) is 4.90 Å². The molecule has 1 aliphatic rings. The van der Waals surface area contributed by atoms with E-state index in [0.717, 1.165) is 43.9 Å². The SMILES string of the molecule is CCCCOCC(O)CN1CCN=C1c1ccccc1. The highest BCUT2D eigenvalue weighted by Gasteiger charge is 2.21. The largest absolute Gasteiger partial charge is 0.389 e. The van der Waals surface area contributed by atoms with Crippen LogP contribution in [0.4, 0.5) is 0 Å². The summed E-state index contributed by atoms with van der Waals surface area (Å²) < 4.78 is 5.47. The number of ether oxygens (including phenoxy) is 1. The summed E-state index contributed by atoms with van der Waals surface area (Å²) in [5.74, 6) is 0.984. The summed E-state index contributed by atoms with van der Waals surface area (Å²) in [6, 6.07) is 10.1. The zero-order valence-electron chi connectivity index (χ0n) is 12.2. The molecular weight excluding hydrogens is 252 g/mol. The second-order valence-corrected chi connectivity index (χ2v) is 5.10. The number of hydrogen-bond donors (Lipinski definition) is 1. The van der Waals surface area contributed by atoms with E-state index >= 15 is 0 Å². The molecule has 1 unspecified atom stereocenters. The van der Waals surface area contributed by atoms with Gasteiger partial charge in [-0.05, 0) is 6.42 Å². The number of β-amino-alcohol motifs (C(OH)–C–C–N with tert-alkyl or cyclic N) is 1. The Balaban J connectivity index is 1.82. The molecule has 1 aromatic carbocycles. The summed E-state index contributed by atoms with van der Waals surface area (Å²) in [4.78, 5) is 6.68. The zero-order valence-corrected chi connectivity index (χ0v) is 12.2. The highest BCUT2D eigenvalue weighted by molar-refractivity contribution is 5.99. The van der Waals surface area contributed by atoms with Crippen LogP contribution in [0.2, 0.25) is 0 Å². The van der Waals surface area contributed by atoms with Gasteiger partial charge in [0.1, 0.15) is 5.84 Å². The number of nitrogens with zero attached hydrogens (tertiary/aromatic N) is 2. The molecule has 1 heterocycles. The minimum Gasteiger partial charge on any atom is -0.389 e. The lowest BCUT2D eigenvalue weighted by Crippen LogP contribution is -2.37. The fourth-order valence-electron chi connectivity index (χ4n) is 2.29. The maximum atomic E-state index is 10.1. The van der Waals surface area contributed by atoms with Crippen molar-refractivity contribution in [2.75, 3.05) is 32.8 Å². The van der Waals surface area contributed by atoms with E-state index in [9.17, 15) is 5.11 Å². The molecule has 4 nitrogen and oxygen atoms in total. The lowest BCUT2D eigenvalue weighted by Gasteiger charge is -2.23. The number of aliphatic hydroxyl groups is 1. The molecule has 1 aliphatic heterocycles. The average molecular weight is 276 g/mol. The van der Waals surface area contributed by atoms with Gasteiger partial charge in [-0.3, -0.25) is 4.99 Å². The Morgan fingerprint density at radius 2 is 2.15 bits per heavy atom. The van der Waals surface area contributed by atoms with Crippen molar-refractivity contribution < 1.29 is 9.84 Å². The molecule has 0 amide bonds. The quantitative estimate of drug-likeness (QED) is 0.738. The molecule has 0 aromatic heterocycles. The normalized spacial score (nSPS) is 16.3. The molecule has 0 aliphatic carbocycles. The van der Waals surface area contributed by atoms with Crippen molar-refractivity contribution in [3.63, 3.8) is 0 Å². The van der Waals surface area contributed by atoms with Crippen molar-refractivity contribution in [3.8, 4) is 0 Å². The third kappa shape index (κ3) is 4.32. The number of rotatable bonds is 8. The second-order valence-electron chi connectivity index (χ2n) is 5.10. The maximum Gasteiger partial charge on any atom is 0.131 e. The number of aliphatic imine (C=N–C) groups is 1. The van der Waals surface area contributed by atoms with E-state index in [0.29, 0.717) is 13.2 Å². The van der Waals surface area contributed by atoms with Gasteiger partial charge in [0.15, 0.2) is 0 Å². The Kier molecular flexibility index (Phi) is 6.02. The molecule has 1 N–H and O–H groups in total. The first-order chi connectivity index (χ1) is 9.81. The fourth-order valence-corrected chi connectivity index (χ4v) is 2.29. The van der Waals surface area contributed by atoms with Crippen LogP contribution >= 0.6 is 0 Å². The highest BCUT2D eigenvalue weighted by Crippen LogP contribution is 2.11. The molecule has 2 rings (SSSR count).